The van der Waals surface area contributed by atoms with Crippen LogP contribution in [0.3, 0.4) is 0 Å². The van der Waals surface area contributed by atoms with Gasteiger partial charge in [-0.3, -0.25) is 14.9 Å². The highest BCUT2D eigenvalue weighted by molar-refractivity contribution is 5.95. The van der Waals surface area contributed by atoms with E-state index in [1.54, 1.807) is 0 Å². The van der Waals surface area contributed by atoms with E-state index in [0.29, 0.717) is 5.69 Å². The summed E-state index contributed by atoms with van der Waals surface area (Å²) in [4.78, 5) is 33.4. The van der Waals surface area contributed by atoms with Gasteiger partial charge in [0, 0.05) is 18.3 Å². The molecule has 24 heavy (non-hydrogen) atoms. The molecule has 1 aromatic carbocycles. The summed E-state index contributed by atoms with van der Waals surface area (Å²) in [5, 5.41) is 26.3. The van der Waals surface area contributed by atoms with Crippen molar-refractivity contribution in [1.82, 2.24) is 15.1 Å². The first-order valence-electron chi connectivity index (χ1n) is 7.30. The fraction of sp³-hybridized carbons (Fsp3) is 0.267. The number of amides is 1. The number of benzene rings is 1. The predicted molar refractivity (Wildman–Crippen MR) is 81.8 cm³/mol. The van der Waals surface area contributed by atoms with E-state index < -0.39 is 22.8 Å². The summed E-state index contributed by atoms with van der Waals surface area (Å²) in [6, 6.07) is 6.26. The van der Waals surface area contributed by atoms with Crippen LogP contribution in [0.15, 0.2) is 36.5 Å². The summed E-state index contributed by atoms with van der Waals surface area (Å²) in [6.45, 7) is 0. The maximum absolute atomic E-state index is 12.1. The third-order valence-electron chi connectivity index (χ3n) is 3.79. The van der Waals surface area contributed by atoms with Crippen LogP contribution in [0.25, 0.3) is 5.69 Å². The number of carboxylic acid groups (broad SMARTS) is 1. The van der Waals surface area contributed by atoms with Crippen LogP contribution in [0.2, 0.25) is 0 Å². The number of carbonyl (C=O) groups excluding carboxylic acids is 1. The summed E-state index contributed by atoms with van der Waals surface area (Å²) in [5.41, 5.74) is 0.592. The van der Waals surface area contributed by atoms with E-state index in [-0.39, 0.29) is 17.3 Å². The van der Waals surface area contributed by atoms with Gasteiger partial charge in [-0.05, 0) is 37.0 Å². The average Bonchev–Trinajstić information content (AvgIpc) is 3.27. The van der Waals surface area contributed by atoms with E-state index >= 15 is 0 Å². The van der Waals surface area contributed by atoms with Gasteiger partial charge in [0.2, 0.25) is 0 Å². The first kappa shape index (κ1) is 15.7. The number of nitro groups is 1. The van der Waals surface area contributed by atoms with Crippen molar-refractivity contribution in [3.8, 4) is 5.69 Å². The maximum Gasteiger partial charge on any atom is 0.326 e. The van der Waals surface area contributed by atoms with Crippen molar-refractivity contribution < 1.29 is 19.6 Å². The minimum absolute atomic E-state index is 0.0248. The zero-order valence-corrected chi connectivity index (χ0v) is 12.5. The largest absolute Gasteiger partial charge is 0.480 e. The molecule has 0 spiro atoms. The lowest BCUT2D eigenvalue weighted by Gasteiger charge is -2.12. The zero-order valence-electron chi connectivity index (χ0n) is 12.5. The van der Waals surface area contributed by atoms with Crippen LogP contribution in [0.1, 0.15) is 23.3 Å². The number of nitrogens with zero attached hydrogens (tertiary/aromatic N) is 3. The molecule has 1 heterocycles. The monoisotopic (exact) mass is 330 g/mol. The molecular weight excluding hydrogens is 316 g/mol. The normalized spacial score (nSPS) is 14.8. The highest BCUT2D eigenvalue weighted by Crippen LogP contribution is 2.32. The van der Waals surface area contributed by atoms with Gasteiger partial charge in [-0.2, -0.15) is 5.10 Å². The number of carboxylic acids is 1. The van der Waals surface area contributed by atoms with Crippen molar-refractivity contribution in [2.45, 2.75) is 18.9 Å². The Hall–Kier alpha value is -3.23. The molecule has 1 aliphatic carbocycles. The van der Waals surface area contributed by atoms with Gasteiger partial charge in [0.05, 0.1) is 10.6 Å². The molecule has 0 saturated heterocycles. The predicted octanol–water partition coefficient (Wildman–Crippen LogP) is 1.37. The molecule has 9 nitrogen and oxygen atoms in total. The van der Waals surface area contributed by atoms with Gasteiger partial charge < -0.3 is 10.4 Å². The summed E-state index contributed by atoms with van der Waals surface area (Å²) in [7, 11) is 0. The quantitative estimate of drug-likeness (QED) is 0.608. The standard InChI is InChI=1S/C15H14N4O5/c20-14(16-13(15(21)22)9-1-2-9)12-7-8-18(17-12)10-3-5-11(6-4-10)19(23)24/h3-9,13H,1-2H2,(H,16,20)(H,21,22). The molecule has 9 heteroatoms. The number of rotatable bonds is 6. The number of nitrogens with one attached hydrogen (secondary N) is 1. The number of nitro benzene ring substituents is 1. The van der Waals surface area contributed by atoms with Crippen molar-refractivity contribution in [2.75, 3.05) is 0 Å². The molecule has 1 atom stereocenters. The Labute approximate surface area is 136 Å². The van der Waals surface area contributed by atoms with Crippen molar-refractivity contribution in [2.24, 2.45) is 5.92 Å². The molecule has 2 aromatic rings. The van der Waals surface area contributed by atoms with Crippen molar-refractivity contribution >= 4 is 17.6 Å². The second-order valence-electron chi connectivity index (χ2n) is 5.55. The molecule has 1 saturated carbocycles. The van der Waals surface area contributed by atoms with Crippen LogP contribution in [0, 0.1) is 16.0 Å². The van der Waals surface area contributed by atoms with Crippen LogP contribution >= 0.6 is 0 Å². The molecule has 124 valence electrons. The van der Waals surface area contributed by atoms with E-state index in [1.807, 2.05) is 0 Å². The van der Waals surface area contributed by atoms with E-state index in [9.17, 15) is 19.7 Å². The van der Waals surface area contributed by atoms with Crippen LogP contribution < -0.4 is 5.32 Å². The van der Waals surface area contributed by atoms with Crippen LogP contribution in [0.4, 0.5) is 5.69 Å². The third-order valence-corrected chi connectivity index (χ3v) is 3.79. The van der Waals surface area contributed by atoms with Gasteiger partial charge in [-0.1, -0.05) is 0 Å². The first-order chi connectivity index (χ1) is 11.5. The van der Waals surface area contributed by atoms with Crippen LogP contribution in [-0.4, -0.2) is 37.7 Å². The smallest absolute Gasteiger partial charge is 0.326 e. The number of carbonyl (C=O) groups is 2. The minimum atomic E-state index is -1.05. The molecular formula is C15H14N4O5. The molecule has 1 aromatic heterocycles. The highest BCUT2D eigenvalue weighted by Gasteiger charge is 2.37. The molecule has 1 amide bonds. The summed E-state index contributed by atoms with van der Waals surface area (Å²) >= 11 is 0. The molecule has 1 unspecified atom stereocenters. The Morgan fingerprint density at radius 3 is 2.50 bits per heavy atom. The second kappa shape index (κ2) is 6.11. The fourth-order valence-electron chi connectivity index (χ4n) is 2.34. The highest BCUT2D eigenvalue weighted by atomic mass is 16.6. The topological polar surface area (TPSA) is 127 Å². The SMILES string of the molecule is O=C(NC(C(=O)O)C1CC1)c1ccn(-c2ccc([N+](=O)[O-])cc2)n1. The molecule has 0 bridgehead atoms. The van der Waals surface area contributed by atoms with Crippen LogP contribution in [-0.2, 0) is 4.79 Å². The Balaban J connectivity index is 1.73. The molecule has 3 rings (SSSR count). The maximum atomic E-state index is 12.1. The lowest BCUT2D eigenvalue weighted by Crippen LogP contribution is -2.42. The summed E-state index contributed by atoms with van der Waals surface area (Å²) in [6.07, 6.45) is 3.10. The third kappa shape index (κ3) is 3.24. The first-order valence-corrected chi connectivity index (χ1v) is 7.30. The number of hydrogen-bond donors (Lipinski definition) is 2. The van der Waals surface area contributed by atoms with E-state index in [0.717, 1.165) is 12.8 Å². The molecule has 1 aliphatic rings. The second-order valence-corrected chi connectivity index (χ2v) is 5.55. The summed E-state index contributed by atoms with van der Waals surface area (Å²) in [5.74, 6) is -1.64. The van der Waals surface area contributed by atoms with Crippen molar-refractivity contribution in [3.05, 3.63) is 52.3 Å². The van der Waals surface area contributed by atoms with Gasteiger partial charge in [0.15, 0.2) is 5.69 Å². The lowest BCUT2D eigenvalue weighted by atomic mass is 10.2. The van der Waals surface area contributed by atoms with Gasteiger partial charge in [0.25, 0.3) is 11.6 Å². The number of hydrogen-bond acceptors (Lipinski definition) is 5. The minimum Gasteiger partial charge on any atom is -0.480 e. The fourth-order valence-corrected chi connectivity index (χ4v) is 2.34. The van der Waals surface area contributed by atoms with Gasteiger partial charge in [-0.25, -0.2) is 9.48 Å². The molecule has 0 radical (unpaired) electrons. The Bertz CT molecular complexity index is 794. The van der Waals surface area contributed by atoms with Crippen LogP contribution in [0.5, 0.6) is 0 Å². The van der Waals surface area contributed by atoms with Gasteiger partial charge >= 0.3 is 5.97 Å². The molecule has 2 N–H and O–H groups in total. The Morgan fingerprint density at radius 2 is 1.96 bits per heavy atom. The van der Waals surface area contributed by atoms with E-state index in [1.165, 1.54) is 41.2 Å². The number of aromatic nitrogens is 2. The number of non-ortho nitro benzene ring substituents is 1. The molecule has 0 aliphatic heterocycles. The van der Waals surface area contributed by atoms with Crippen molar-refractivity contribution in [3.63, 3.8) is 0 Å². The average molecular weight is 330 g/mol. The number of aliphatic carboxylic acids is 1. The Morgan fingerprint density at radius 1 is 1.29 bits per heavy atom. The van der Waals surface area contributed by atoms with Gasteiger partial charge in [-0.15, -0.1) is 0 Å². The zero-order chi connectivity index (χ0) is 17.3. The van der Waals surface area contributed by atoms with E-state index in [4.69, 9.17) is 5.11 Å². The molecule has 1 fully saturated rings. The summed E-state index contributed by atoms with van der Waals surface area (Å²) < 4.78 is 1.39. The van der Waals surface area contributed by atoms with E-state index in [2.05, 4.69) is 10.4 Å². The van der Waals surface area contributed by atoms with Gasteiger partial charge in [0.1, 0.15) is 6.04 Å². The lowest BCUT2D eigenvalue weighted by molar-refractivity contribution is -0.384. The Kier molecular flexibility index (Phi) is 3.98. The van der Waals surface area contributed by atoms with Crippen molar-refractivity contribution in [1.29, 1.82) is 0 Å².